The predicted octanol–water partition coefficient (Wildman–Crippen LogP) is 19.7. The maximum absolute atomic E-state index is 12.8. The van der Waals surface area contributed by atoms with Gasteiger partial charge in [-0.2, -0.15) is 0 Å². The Morgan fingerprint density at radius 2 is 0.537 bits per heavy atom. The summed E-state index contributed by atoms with van der Waals surface area (Å²) in [7, 11) is 0. The van der Waals surface area contributed by atoms with Crippen LogP contribution in [0.5, 0.6) is 0 Å². The highest BCUT2D eigenvalue weighted by Crippen LogP contribution is 2.16. The number of unbranched alkanes of at least 4 members (excludes halogenated alkanes) is 37. The first-order valence-electron chi connectivity index (χ1n) is 29.5. The molecule has 0 rings (SSSR count). The van der Waals surface area contributed by atoms with Crippen molar-refractivity contribution in [2.75, 3.05) is 13.2 Å². The fraction of sp³-hybridized carbons (Fsp3) is 0.852. The van der Waals surface area contributed by atoms with E-state index in [0.717, 1.165) is 83.5 Å². The smallest absolute Gasteiger partial charge is 0.306 e. The third-order valence-electron chi connectivity index (χ3n) is 13.1. The highest BCUT2D eigenvalue weighted by Gasteiger charge is 2.19. The first kappa shape index (κ1) is 64.6. The first-order valence-corrected chi connectivity index (χ1v) is 29.5. The van der Waals surface area contributed by atoms with Gasteiger partial charge in [-0.15, -0.1) is 0 Å². The van der Waals surface area contributed by atoms with Crippen molar-refractivity contribution in [1.82, 2.24) is 0 Å². The first-order chi connectivity index (χ1) is 33.0. The molecular weight excluding hydrogens is 829 g/mol. The number of hydrogen-bond donors (Lipinski definition) is 0. The van der Waals surface area contributed by atoms with E-state index in [-0.39, 0.29) is 31.1 Å². The summed E-state index contributed by atoms with van der Waals surface area (Å²) in [6.07, 6.45) is 67.1. The Hall–Kier alpha value is -2.37. The molecule has 0 aromatic heterocycles. The Labute approximate surface area is 416 Å². The van der Waals surface area contributed by atoms with E-state index < -0.39 is 6.10 Å². The van der Waals surface area contributed by atoms with Gasteiger partial charge in [0.25, 0.3) is 0 Å². The third kappa shape index (κ3) is 54.4. The van der Waals surface area contributed by atoms with Gasteiger partial charge in [-0.3, -0.25) is 14.4 Å². The molecule has 0 aromatic carbocycles. The molecule has 6 heteroatoms. The molecular formula is C61H112O6. The molecule has 0 radical (unpaired) electrons. The molecule has 0 N–H and O–H groups in total. The lowest BCUT2D eigenvalue weighted by Gasteiger charge is -2.18. The lowest BCUT2D eigenvalue weighted by Crippen LogP contribution is -2.30. The maximum atomic E-state index is 12.8. The van der Waals surface area contributed by atoms with E-state index in [1.165, 1.54) is 193 Å². The van der Waals surface area contributed by atoms with Gasteiger partial charge < -0.3 is 14.2 Å². The van der Waals surface area contributed by atoms with Gasteiger partial charge in [-0.1, -0.05) is 256 Å². The minimum Gasteiger partial charge on any atom is -0.462 e. The number of ether oxygens (including phenoxy) is 3. The molecule has 0 aromatic rings. The largest absolute Gasteiger partial charge is 0.462 e. The van der Waals surface area contributed by atoms with Crippen molar-refractivity contribution >= 4 is 17.9 Å². The molecule has 0 fully saturated rings. The van der Waals surface area contributed by atoms with Crippen LogP contribution in [-0.4, -0.2) is 37.2 Å². The summed E-state index contributed by atoms with van der Waals surface area (Å²) in [4.78, 5) is 38.1. The summed E-state index contributed by atoms with van der Waals surface area (Å²) in [5.74, 6) is -0.871. The van der Waals surface area contributed by atoms with E-state index in [4.69, 9.17) is 14.2 Å². The van der Waals surface area contributed by atoms with Gasteiger partial charge in [-0.05, 0) is 77.0 Å². The topological polar surface area (TPSA) is 78.9 Å². The number of rotatable bonds is 54. The summed E-state index contributed by atoms with van der Waals surface area (Å²) >= 11 is 0. The number of carbonyl (C=O) groups is 3. The zero-order valence-corrected chi connectivity index (χ0v) is 44.9. The quantitative estimate of drug-likeness (QED) is 0.0262. The molecule has 392 valence electrons. The molecule has 0 aliphatic carbocycles. The van der Waals surface area contributed by atoms with Crippen molar-refractivity contribution < 1.29 is 28.6 Å². The molecule has 0 aliphatic heterocycles. The SMILES string of the molecule is CCCCC/C=C\C/C=C\CCCCCCCC(=O)O[C@H](COC(=O)CCCCCCCCCCCCC/C=C\CCCCCCCC)COC(=O)CCCCCCCCCCCCCCC. The van der Waals surface area contributed by atoms with E-state index >= 15 is 0 Å². The van der Waals surface area contributed by atoms with Crippen LogP contribution in [0.4, 0.5) is 0 Å². The van der Waals surface area contributed by atoms with Crippen LogP contribution in [0.2, 0.25) is 0 Å². The molecule has 0 unspecified atom stereocenters. The lowest BCUT2D eigenvalue weighted by atomic mass is 10.0. The van der Waals surface area contributed by atoms with Gasteiger partial charge in [0.1, 0.15) is 13.2 Å². The Morgan fingerprint density at radius 1 is 0.299 bits per heavy atom. The summed E-state index contributed by atoms with van der Waals surface area (Å²) in [6.45, 7) is 6.64. The highest BCUT2D eigenvalue weighted by atomic mass is 16.6. The van der Waals surface area contributed by atoms with Gasteiger partial charge in [0, 0.05) is 19.3 Å². The number of esters is 3. The van der Waals surface area contributed by atoms with Crippen molar-refractivity contribution in [1.29, 1.82) is 0 Å². The van der Waals surface area contributed by atoms with Crippen LogP contribution in [0.15, 0.2) is 36.5 Å². The average Bonchev–Trinajstić information content (AvgIpc) is 3.33. The minimum absolute atomic E-state index is 0.0742. The Balaban J connectivity index is 4.30. The van der Waals surface area contributed by atoms with Crippen molar-refractivity contribution in [3.05, 3.63) is 36.5 Å². The second-order valence-corrected chi connectivity index (χ2v) is 19.9. The molecule has 0 bridgehead atoms. The van der Waals surface area contributed by atoms with Crippen LogP contribution >= 0.6 is 0 Å². The molecule has 0 spiro atoms. The second-order valence-electron chi connectivity index (χ2n) is 19.9. The summed E-state index contributed by atoms with van der Waals surface area (Å²) in [5, 5.41) is 0. The van der Waals surface area contributed by atoms with Gasteiger partial charge >= 0.3 is 17.9 Å². The molecule has 67 heavy (non-hydrogen) atoms. The molecule has 0 heterocycles. The lowest BCUT2D eigenvalue weighted by molar-refractivity contribution is -0.167. The average molecular weight is 942 g/mol. The van der Waals surface area contributed by atoms with Crippen LogP contribution in [-0.2, 0) is 28.6 Å². The van der Waals surface area contributed by atoms with Crippen LogP contribution in [0.3, 0.4) is 0 Å². The second kappa shape index (κ2) is 56.2. The van der Waals surface area contributed by atoms with Crippen molar-refractivity contribution in [2.45, 2.75) is 322 Å². The van der Waals surface area contributed by atoms with Crippen molar-refractivity contribution in [3.63, 3.8) is 0 Å². The van der Waals surface area contributed by atoms with E-state index in [1.807, 2.05) is 0 Å². The normalized spacial score (nSPS) is 12.2. The van der Waals surface area contributed by atoms with Crippen LogP contribution in [0.25, 0.3) is 0 Å². The highest BCUT2D eigenvalue weighted by molar-refractivity contribution is 5.71. The number of allylic oxidation sites excluding steroid dienone is 6. The summed E-state index contributed by atoms with van der Waals surface area (Å²) in [6, 6.07) is 0. The summed E-state index contributed by atoms with van der Waals surface area (Å²) in [5.41, 5.74) is 0. The number of carbonyl (C=O) groups excluding carboxylic acids is 3. The number of hydrogen-bond acceptors (Lipinski definition) is 6. The molecule has 0 saturated carbocycles. The van der Waals surface area contributed by atoms with Crippen LogP contribution in [0.1, 0.15) is 316 Å². The summed E-state index contributed by atoms with van der Waals surface area (Å²) < 4.78 is 16.9. The Kier molecular flexibility index (Phi) is 54.2. The minimum atomic E-state index is -0.776. The van der Waals surface area contributed by atoms with E-state index in [0.29, 0.717) is 19.3 Å². The molecule has 0 aliphatic rings. The molecule has 1 atom stereocenters. The molecule has 0 saturated heterocycles. The van der Waals surface area contributed by atoms with E-state index in [2.05, 4.69) is 57.2 Å². The van der Waals surface area contributed by atoms with Gasteiger partial charge in [-0.25, -0.2) is 0 Å². The third-order valence-corrected chi connectivity index (χ3v) is 13.1. The zero-order valence-electron chi connectivity index (χ0n) is 44.9. The molecule has 6 nitrogen and oxygen atoms in total. The van der Waals surface area contributed by atoms with E-state index in [9.17, 15) is 14.4 Å². The predicted molar refractivity (Wildman–Crippen MR) is 289 cm³/mol. The van der Waals surface area contributed by atoms with Crippen LogP contribution < -0.4 is 0 Å². The van der Waals surface area contributed by atoms with Gasteiger partial charge in [0.15, 0.2) is 6.10 Å². The standard InChI is InChI=1S/C61H112O6/c1-4-7-10-13-16-19-22-25-27-28-29-30-31-32-34-36-39-42-45-48-51-54-60(63)66-57-58(56-65-59(62)53-50-47-44-41-38-35-24-21-18-15-12-9-6-3)67-61(64)55-52-49-46-43-40-37-33-26-23-20-17-14-11-8-5-2/h17,20,25-27,33,58H,4-16,18-19,21-24,28-32,34-57H2,1-3H3/b20-17-,27-25-,33-26-/t58-/m0/s1. The van der Waals surface area contributed by atoms with Gasteiger partial charge in [0.05, 0.1) is 0 Å². The van der Waals surface area contributed by atoms with Crippen LogP contribution in [0, 0.1) is 0 Å². The fourth-order valence-electron chi connectivity index (χ4n) is 8.65. The maximum Gasteiger partial charge on any atom is 0.306 e. The van der Waals surface area contributed by atoms with Crippen molar-refractivity contribution in [3.8, 4) is 0 Å². The van der Waals surface area contributed by atoms with Gasteiger partial charge in [0.2, 0.25) is 0 Å². The monoisotopic (exact) mass is 941 g/mol. The Bertz CT molecular complexity index is 1130. The van der Waals surface area contributed by atoms with E-state index in [1.54, 1.807) is 0 Å². The van der Waals surface area contributed by atoms with Crippen molar-refractivity contribution in [2.24, 2.45) is 0 Å². The molecule has 0 amide bonds. The fourth-order valence-corrected chi connectivity index (χ4v) is 8.65. The Morgan fingerprint density at radius 3 is 0.866 bits per heavy atom. The zero-order chi connectivity index (χ0) is 48.6.